The molecule has 0 aliphatic heterocycles. The number of nitrogens with zero attached hydrogens (tertiary/aromatic N) is 2. The zero-order valence-electron chi connectivity index (χ0n) is 31.3. The van der Waals surface area contributed by atoms with Gasteiger partial charge in [-0.2, -0.15) is 0 Å². The highest BCUT2D eigenvalue weighted by Crippen LogP contribution is 2.41. The summed E-state index contributed by atoms with van der Waals surface area (Å²) in [6.45, 7) is 5.71. The van der Waals surface area contributed by atoms with Crippen LogP contribution in [0.25, 0.3) is 11.1 Å². The van der Waals surface area contributed by atoms with Gasteiger partial charge in [0.15, 0.2) is 0 Å². The van der Waals surface area contributed by atoms with Crippen LogP contribution < -0.4 is 22.1 Å². The average molecular weight is 753 g/mol. The van der Waals surface area contributed by atoms with Gasteiger partial charge in [0, 0.05) is 48.7 Å². The normalized spacial score (nSPS) is 17.4. The Bertz CT molecular complexity index is 1750. The van der Waals surface area contributed by atoms with E-state index >= 15 is 4.39 Å². The summed E-state index contributed by atoms with van der Waals surface area (Å²) in [5, 5.41) is 24.9. The van der Waals surface area contributed by atoms with Crippen LogP contribution in [0.15, 0.2) is 60.8 Å². The van der Waals surface area contributed by atoms with Crippen molar-refractivity contribution in [3.8, 4) is 11.1 Å². The van der Waals surface area contributed by atoms with Crippen LogP contribution in [0.4, 0.5) is 8.78 Å². The summed E-state index contributed by atoms with van der Waals surface area (Å²) >= 11 is 0. The van der Waals surface area contributed by atoms with Crippen LogP contribution in [0, 0.1) is 23.0 Å². The summed E-state index contributed by atoms with van der Waals surface area (Å²) in [6.07, 6.45) is 5.11. The number of carbonyl (C=O) groups excluding carboxylic acids is 3. The van der Waals surface area contributed by atoms with E-state index in [1.54, 1.807) is 12.3 Å². The largest absolute Gasteiger partial charge is 0.480 e. The summed E-state index contributed by atoms with van der Waals surface area (Å²) in [5.74, 6) is -3.97. The molecule has 5 atom stereocenters. The lowest BCUT2D eigenvalue weighted by atomic mass is 9.82. The molecular formula is C40H54F2N6O6. The number of aliphatic hydroxyl groups is 1. The molecule has 0 radical (unpaired) electrons. The van der Waals surface area contributed by atoms with Crippen LogP contribution >= 0.6 is 0 Å². The third-order valence-corrected chi connectivity index (χ3v) is 9.99. The van der Waals surface area contributed by atoms with E-state index in [1.807, 2.05) is 55.7 Å². The van der Waals surface area contributed by atoms with Crippen molar-refractivity contribution >= 4 is 23.7 Å². The molecule has 0 unspecified atom stereocenters. The van der Waals surface area contributed by atoms with E-state index < -0.39 is 71.5 Å². The number of carboxylic acid groups (broad SMARTS) is 1. The van der Waals surface area contributed by atoms with Crippen molar-refractivity contribution in [3.63, 3.8) is 0 Å². The number of aliphatic carboxylic acids is 1. The summed E-state index contributed by atoms with van der Waals surface area (Å²) < 4.78 is 31.3. The third kappa shape index (κ3) is 11.2. The van der Waals surface area contributed by atoms with Crippen molar-refractivity contribution in [3.05, 3.63) is 83.7 Å². The SMILES string of the molecule is CC(C)(C)[C@H](c1cc(-c2cc(F)ccc2F)cn1Cc1ccccc1)N(CC[C@H](N)C(=O)N[C@H]1CCC[C@H]1C(=O)NCCCC[C@H](N)C(=O)O)C(=O)CO. The van der Waals surface area contributed by atoms with E-state index in [-0.39, 0.29) is 24.4 Å². The number of amides is 3. The first-order valence-electron chi connectivity index (χ1n) is 18.5. The number of rotatable bonds is 18. The summed E-state index contributed by atoms with van der Waals surface area (Å²) in [7, 11) is 0. The number of nitrogens with two attached hydrogens (primary N) is 2. The second-order valence-electron chi connectivity index (χ2n) is 15.2. The maximum atomic E-state index is 15.1. The maximum Gasteiger partial charge on any atom is 0.320 e. The smallest absolute Gasteiger partial charge is 0.320 e. The standard InChI is InChI=1S/C40H54F2N6O6/c1-40(2,3)36(34-20-26(29-21-27(41)15-16-30(29)42)23-47(34)22-25-10-5-4-6-11-25)48(35(50)24-49)19-17-31(43)38(52)46-33-14-9-12-28(33)37(51)45-18-8-7-13-32(44)39(53)54/h4-6,10-11,15-16,20-21,23,28,31-33,36,49H,7-9,12-14,17-19,22,24,43-44H2,1-3H3,(H,45,51)(H,46,52)(H,53,54)/t28-,31+,32+,33+,36+/m1/s1. The predicted molar refractivity (Wildman–Crippen MR) is 201 cm³/mol. The molecule has 3 amide bonds. The fraction of sp³-hybridized carbons (Fsp3) is 0.500. The molecule has 0 saturated heterocycles. The fourth-order valence-corrected chi connectivity index (χ4v) is 7.20. The molecular weight excluding hydrogens is 698 g/mol. The van der Waals surface area contributed by atoms with Gasteiger partial charge in [-0.3, -0.25) is 19.2 Å². The zero-order chi connectivity index (χ0) is 39.6. The van der Waals surface area contributed by atoms with Crippen molar-refractivity contribution < 1.29 is 38.2 Å². The molecule has 294 valence electrons. The molecule has 0 spiro atoms. The molecule has 4 rings (SSSR count). The van der Waals surface area contributed by atoms with Gasteiger partial charge in [0.2, 0.25) is 17.7 Å². The lowest BCUT2D eigenvalue weighted by Crippen LogP contribution is -2.51. The van der Waals surface area contributed by atoms with Gasteiger partial charge in [-0.25, -0.2) is 8.78 Å². The van der Waals surface area contributed by atoms with Crippen LogP contribution in [0.3, 0.4) is 0 Å². The minimum atomic E-state index is -1.06. The molecule has 1 aliphatic carbocycles. The molecule has 1 fully saturated rings. The van der Waals surface area contributed by atoms with Crippen LogP contribution in [-0.4, -0.2) is 81.2 Å². The maximum absolute atomic E-state index is 15.1. The average Bonchev–Trinajstić information content (AvgIpc) is 3.76. The second-order valence-corrected chi connectivity index (χ2v) is 15.2. The molecule has 3 aromatic rings. The highest BCUT2D eigenvalue weighted by Gasteiger charge is 2.38. The number of halogens is 2. The van der Waals surface area contributed by atoms with Crippen LogP contribution in [0.2, 0.25) is 0 Å². The van der Waals surface area contributed by atoms with E-state index in [0.717, 1.165) is 30.2 Å². The Balaban J connectivity index is 1.50. The van der Waals surface area contributed by atoms with Crippen molar-refractivity contribution in [2.75, 3.05) is 19.7 Å². The van der Waals surface area contributed by atoms with Crippen LogP contribution in [0.5, 0.6) is 0 Å². The Morgan fingerprint density at radius 1 is 0.981 bits per heavy atom. The van der Waals surface area contributed by atoms with Crippen molar-refractivity contribution in [2.45, 2.75) is 96.4 Å². The summed E-state index contributed by atoms with van der Waals surface area (Å²) in [6, 6.07) is 11.4. The van der Waals surface area contributed by atoms with Crippen molar-refractivity contribution in [1.29, 1.82) is 0 Å². The quantitative estimate of drug-likeness (QED) is 0.105. The Morgan fingerprint density at radius 2 is 1.70 bits per heavy atom. The van der Waals surface area contributed by atoms with Gasteiger partial charge in [0.05, 0.1) is 18.0 Å². The molecule has 8 N–H and O–H groups in total. The number of hydrogen-bond donors (Lipinski definition) is 6. The molecule has 14 heteroatoms. The minimum Gasteiger partial charge on any atom is -0.480 e. The Morgan fingerprint density at radius 3 is 2.37 bits per heavy atom. The Labute approximate surface area is 315 Å². The van der Waals surface area contributed by atoms with Crippen LogP contribution in [-0.2, 0) is 25.7 Å². The lowest BCUT2D eigenvalue weighted by molar-refractivity contribution is -0.140. The first kappa shape index (κ1) is 42.1. The van der Waals surface area contributed by atoms with E-state index in [1.165, 1.54) is 4.90 Å². The number of carbonyl (C=O) groups is 4. The molecule has 12 nitrogen and oxygen atoms in total. The van der Waals surface area contributed by atoms with Crippen LogP contribution in [0.1, 0.15) is 83.0 Å². The molecule has 2 aromatic carbocycles. The number of hydrogen-bond acceptors (Lipinski definition) is 7. The summed E-state index contributed by atoms with van der Waals surface area (Å²) in [5.41, 5.74) is 13.3. The van der Waals surface area contributed by atoms with Gasteiger partial charge < -0.3 is 41.8 Å². The number of aromatic nitrogens is 1. The molecule has 1 saturated carbocycles. The van der Waals surface area contributed by atoms with E-state index in [9.17, 15) is 28.7 Å². The summed E-state index contributed by atoms with van der Waals surface area (Å²) in [4.78, 5) is 52.3. The lowest BCUT2D eigenvalue weighted by Gasteiger charge is -2.41. The first-order valence-corrected chi connectivity index (χ1v) is 18.5. The molecule has 54 heavy (non-hydrogen) atoms. The van der Waals surface area contributed by atoms with Crippen molar-refractivity contribution in [1.82, 2.24) is 20.1 Å². The highest BCUT2D eigenvalue weighted by atomic mass is 19.1. The monoisotopic (exact) mass is 752 g/mol. The molecule has 0 bridgehead atoms. The van der Waals surface area contributed by atoms with Gasteiger partial charge in [0.1, 0.15) is 24.3 Å². The molecule has 1 heterocycles. The fourth-order valence-electron chi connectivity index (χ4n) is 7.20. The van der Waals surface area contributed by atoms with Gasteiger partial charge in [-0.1, -0.05) is 57.5 Å². The second kappa shape index (κ2) is 19.1. The molecule has 1 aromatic heterocycles. The van der Waals surface area contributed by atoms with Gasteiger partial charge >= 0.3 is 5.97 Å². The van der Waals surface area contributed by atoms with Gasteiger partial charge in [-0.05, 0) is 73.8 Å². The van der Waals surface area contributed by atoms with Gasteiger partial charge in [0.25, 0.3) is 0 Å². The van der Waals surface area contributed by atoms with Gasteiger partial charge in [-0.15, -0.1) is 0 Å². The van der Waals surface area contributed by atoms with Crippen molar-refractivity contribution in [2.24, 2.45) is 22.8 Å². The number of unbranched alkanes of at least 4 members (excludes halogenated alkanes) is 1. The number of nitrogens with one attached hydrogen (secondary N) is 2. The van der Waals surface area contributed by atoms with E-state index in [0.29, 0.717) is 56.5 Å². The predicted octanol–water partition coefficient (Wildman–Crippen LogP) is 4.09. The molecule has 1 aliphatic rings. The topological polar surface area (TPSA) is 193 Å². The Hall–Kier alpha value is -4.66. The van der Waals surface area contributed by atoms with E-state index in [4.69, 9.17) is 16.6 Å². The zero-order valence-corrected chi connectivity index (χ0v) is 31.3. The highest BCUT2D eigenvalue weighted by molar-refractivity contribution is 5.84. The van der Waals surface area contributed by atoms with E-state index in [2.05, 4.69) is 10.6 Å². The number of benzene rings is 2. The minimum absolute atomic E-state index is 0.00376. The number of carboxylic acids is 1. The first-order chi connectivity index (χ1) is 25.6. The third-order valence-electron chi connectivity index (χ3n) is 9.99. The number of aliphatic hydroxyl groups excluding tert-OH is 1. The Kier molecular flexibility index (Phi) is 14.9.